The normalized spacial score (nSPS) is 32.2. The van der Waals surface area contributed by atoms with Crippen LogP contribution in [0.4, 0.5) is 0 Å². The van der Waals surface area contributed by atoms with E-state index in [2.05, 4.69) is 63.7 Å². The quantitative estimate of drug-likeness (QED) is 0.0347. The van der Waals surface area contributed by atoms with Gasteiger partial charge in [0.2, 0.25) is 0 Å². The fourth-order valence-electron chi connectivity index (χ4n) is 17.9. The third-order valence-corrected chi connectivity index (χ3v) is 22.0. The SMILES string of the molecule is CC(C)CCCCC1CCC2C1CCC1C3CCCC(OCCC(=O)OCCCN(C)CCOCCOCCN(C)CCCOC(=O)CCOC4CCC5C(=CCC6C5CCC5C(CCCCC(C)C)CCC56)C4)CC3=CCC12. The van der Waals surface area contributed by atoms with E-state index < -0.39 is 0 Å². The van der Waals surface area contributed by atoms with E-state index in [1.165, 1.54) is 135 Å². The standard InChI is InChI=1S/C69H118N2O8/c1-50(2)14-7-9-16-52-20-25-62-59(52)30-32-64-58-19-11-18-56(48-54(58)22-27-66(62)64)76-42-34-68(72)78-40-12-36-70(5)38-44-74-46-47-75-45-39-71(6)37-13-41-79-69(73)35-43-77-57-24-29-61-55(49-57)23-28-67-63-26-21-53(17-10-8-15-51(3)4)60(63)31-33-65(61)67/h22-23,50-53,56-67H,7-21,24-49H2,1-6H3. The van der Waals surface area contributed by atoms with Crippen LogP contribution in [0.5, 0.6) is 0 Å². The Morgan fingerprint density at radius 1 is 0.456 bits per heavy atom. The minimum Gasteiger partial charge on any atom is -0.466 e. The first kappa shape index (κ1) is 63.2. The average Bonchev–Trinajstić information content (AvgIpc) is 4.21. The number of ether oxygens (including phenoxy) is 6. The predicted molar refractivity (Wildman–Crippen MR) is 320 cm³/mol. The number of allylic oxidation sites excluding steroid dienone is 2. The molecule has 0 aromatic rings. The Balaban J connectivity index is 0.565. The van der Waals surface area contributed by atoms with Gasteiger partial charge in [0.05, 0.1) is 77.9 Å². The van der Waals surface area contributed by atoms with Crippen LogP contribution in [0, 0.1) is 82.9 Å². The third-order valence-electron chi connectivity index (χ3n) is 22.0. The first-order valence-electron chi connectivity index (χ1n) is 33.9. The molecule has 0 bridgehead atoms. The molecule has 14 unspecified atom stereocenters. The Kier molecular flexibility index (Phi) is 26.9. The summed E-state index contributed by atoms with van der Waals surface area (Å²) in [5, 5.41) is 0. The maximum atomic E-state index is 12.6. The lowest BCUT2D eigenvalue weighted by molar-refractivity contribution is -0.146. The molecule has 0 saturated heterocycles. The zero-order chi connectivity index (χ0) is 55.3. The van der Waals surface area contributed by atoms with E-state index >= 15 is 0 Å². The Hall–Kier alpha value is -1.82. The van der Waals surface area contributed by atoms with Crippen LogP contribution in [0.1, 0.15) is 214 Å². The zero-order valence-electron chi connectivity index (χ0n) is 51.5. The van der Waals surface area contributed by atoms with Crippen LogP contribution in [-0.4, -0.2) is 127 Å². The number of carbonyl (C=O) groups excluding carboxylic acids is 2. The molecular formula is C69H118N2O8. The number of fused-ring (bicyclic) bond motifs is 10. The maximum Gasteiger partial charge on any atom is 0.308 e. The summed E-state index contributed by atoms with van der Waals surface area (Å²) in [5.41, 5.74) is 3.37. The van der Waals surface area contributed by atoms with Gasteiger partial charge in [-0.25, -0.2) is 0 Å². The van der Waals surface area contributed by atoms with Crippen molar-refractivity contribution in [3.05, 3.63) is 23.3 Å². The second kappa shape index (κ2) is 33.6. The van der Waals surface area contributed by atoms with Gasteiger partial charge in [-0.15, -0.1) is 0 Å². The van der Waals surface area contributed by atoms with Crippen molar-refractivity contribution in [2.24, 2.45) is 82.9 Å². The summed E-state index contributed by atoms with van der Waals surface area (Å²) in [6, 6.07) is 0. The number of unbranched alkanes of at least 4 members (excludes halogenated alkanes) is 2. The molecule has 8 rings (SSSR count). The van der Waals surface area contributed by atoms with Crippen LogP contribution >= 0.6 is 0 Å². The minimum atomic E-state index is -0.151. The highest BCUT2D eigenvalue weighted by molar-refractivity contribution is 5.69. The monoisotopic (exact) mass is 1100 g/mol. The van der Waals surface area contributed by atoms with Gasteiger partial charge in [0.1, 0.15) is 0 Å². The molecule has 0 amide bonds. The number of nitrogens with zero attached hydrogens (tertiary/aromatic N) is 2. The molecule has 10 nitrogen and oxygen atoms in total. The fraction of sp³-hybridized carbons (Fsp3) is 0.913. The van der Waals surface area contributed by atoms with E-state index in [4.69, 9.17) is 28.4 Å². The predicted octanol–water partition coefficient (Wildman–Crippen LogP) is 14.7. The molecule has 0 aromatic carbocycles. The van der Waals surface area contributed by atoms with Crippen LogP contribution in [0.2, 0.25) is 0 Å². The number of esters is 2. The van der Waals surface area contributed by atoms with Crippen LogP contribution in [0.15, 0.2) is 23.3 Å². The molecule has 6 saturated carbocycles. The Bertz CT molecular complexity index is 1840. The third kappa shape index (κ3) is 19.6. The van der Waals surface area contributed by atoms with E-state index in [0.717, 1.165) is 148 Å². The number of hydrogen-bond acceptors (Lipinski definition) is 10. The van der Waals surface area contributed by atoms with Crippen molar-refractivity contribution in [2.75, 3.05) is 93.1 Å². The van der Waals surface area contributed by atoms with Crippen molar-refractivity contribution in [3.63, 3.8) is 0 Å². The van der Waals surface area contributed by atoms with Crippen LogP contribution < -0.4 is 0 Å². The summed E-state index contributed by atoms with van der Waals surface area (Å²) in [4.78, 5) is 29.6. The molecule has 10 heteroatoms. The van der Waals surface area contributed by atoms with Crippen molar-refractivity contribution in [2.45, 2.75) is 226 Å². The topological polar surface area (TPSA) is 96.0 Å². The van der Waals surface area contributed by atoms with Gasteiger partial charge in [-0.05, 0) is 213 Å². The van der Waals surface area contributed by atoms with E-state index in [-0.39, 0.29) is 24.1 Å². The molecule has 8 aliphatic carbocycles. The molecule has 14 atom stereocenters. The van der Waals surface area contributed by atoms with Gasteiger partial charge in [0, 0.05) is 26.2 Å². The highest BCUT2D eigenvalue weighted by atomic mass is 16.5. The van der Waals surface area contributed by atoms with Crippen LogP contribution in [0.3, 0.4) is 0 Å². The van der Waals surface area contributed by atoms with Crippen molar-refractivity contribution in [1.82, 2.24) is 9.80 Å². The van der Waals surface area contributed by atoms with Gasteiger partial charge in [0.15, 0.2) is 0 Å². The first-order valence-corrected chi connectivity index (χ1v) is 33.9. The minimum absolute atomic E-state index is 0.148. The number of carbonyl (C=O) groups is 2. The zero-order valence-corrected chi connectivity index (χ0v) is 51.5. The van der Waals surface area contributed by atoms with E-state index in [0.29, 0.717) is 65.7 Å². The summed E-state index contributed by atoms with van der Waals surface area (Å²) in [6.45, 7) is 17.0. The average molecular weight is 1100 g/mol. The van der Waals surface area contributed by atoms with Gasteiger partial charge in [-0.1, -0.05) is 109 Å². The largest absolute Gasteiger partial charge is 0.466 e. The number of hydrogen-bond donors (Lipinski definition) is 0. The van der Waals surface area contributed by atoms with E-state index in [1.54, 1.807) is 11.1 Å². The lowest BCUT2D eigenvalue weighted by Crippen LogP contribution is -2.42. The van der Waals surface area contributed by atoms with Gasteiger partial charge in [-0.2, -0.15) is 0 Å². The van der Waals surface area contributed by atoms with Gasteiger partial charge in [-0.3, -0.25) is 9.59 Å². The molecule has 0 radical (unpaired) electrons. The van der Waals surface area contributed by atoms with Crippen molar-refractivity contribution >= 4 is 11.9 Å². The van der Waals surface area contributed by atoms with Crippen molar-refractivity contribution < 1.29 is 38.0 Å². The summed E-state index contributed by atoms with van der Waals surface area (Å²) in [5.74, 6) is 12.6. The van der Waals surface area contributed by atoms with Gasteiger partial charge < -0.3 is 38.2 Å². The summed E-state index contributed by atoms with van der Waals surface area (Å²) in [6.07, 6.45) is 42.2. The highest BCUT2D eigenvalue weighted by Gasteiger charge is 2.51. The summed E-state index contributed by atoms with van der Waals surface area (Å²) in [7, 11) is 4.17. The van der Waals surface area contributed by atoms with Gasteiger partial charge in [0.25, 0.3) is 0 Å². The highest BCUT2D eigenvalue weighted by Crippen LogP contribution is 2.60. The molecule has 0 N–H and O–H groups in total. The smallest absolute Gasteiger partial charge is 0.308 e. The number of likely N-dealkylation sites (N-methyl/N-ethyl adjacent to an activating group) is 2. The Labute approximate surface area is 483 Å². The molecule has 79 heavy (non-hydrogen) atoms. The fourth-order valence-corrected chi connectivity index (χ4v) is 17.9. The lowest BCUT2D eigenvalue weighted by atomic mass is 9.56. The lowest BCUT2D eigenvalue weighted by Gasteiger charge is -2.50. The molecule has 0 heterocycles. The Morgan fingerprint density at radius 3 is 1.41 bits per heavy atom. The molecule has 0 spiro atoms. The Morgan fingerprint density at radius 2 is 0.911 bits per heavy atom. The van der Waals surface area contributed by atoms with Crippen LogP contribution in [-0.2, 0) is 38.0 Å². The van der Waals surface area contributed by atoms with Crippen molar-refractivity contribution in [1.29, 1.82) is 0 Å². The van der Waals surface area contributed by atoms with Crippen molar-refractivity contribution in [3.8, 4) is 0 Å². The summed E-state index contributed by atoms with van der Waals surface area (Å²) >= 11 is 0. The van der Waals surface area contributed by atoms with E-state index in [1.807, 2.05) is 0 Å². The van der Waals surface area contributed by atoms with E-state index in [9.17, 15) is 9.59 Å². The molecular weight excluding hydrogens is 985 g/mol. The molecule has 6 fully saturated rings. The molecule has 8 aliphatic rings. The second-order valence-electron chi connectivity index (χ2n) is 28.1. The molecule has 0 aromatic heterocycles. The molecule has 0 aliphatic heterocycles. The number of rotatable bonds is 35. The molecule has 452 valence electrons. The van der Waals surface area contributed by atoms with Gasteiger partial charge >= 0.3 is 11.9 Å². The first-order chi connectivity index (χ1) is 38.5. The second-order valence-corrected chi connectivity index (χ2v) is 28.1. The van der Waals surface area contributed by atoms with Crippen LogP contribution in [0.25, 0.3) is 0 Å². The summed E-state index contributed by atoms with van der Waals surface area (Å²) < 4.78 is 35.6. The maximum absolute atomic E-state index is 12.6.